The molecule has 0 unspecified atom stereocenters. The Kier molecular flexibility index (Phi) is 3.04. The van der Waals surface area contributed by atoms with E-state index in [0.717, 1.165) is 17.1 Å². The Morgan fingerprint density at radius 1 is 1.14 bits per heavy atom. The van der Waals surface area contributed by atoms with E-state index in [4.69, 9.17) is 9.47 Å². The highest BCUT2D eigenvalue weighted by atomic mass is 16.5. The Bertz CT molecular complexity index is 311. The lowest BCUT2D eigenvalue weighted by Gasteiger charge is -2.21. The van der Waals surface area contributed by atoms with E-state index in [1.54, 1.807) is 7.11 Å². The van der Waals surface area contributed by atoms with Crippen molar-refractivity contribution in [3.63, 3.8) is 0 Å². The van der Waals surface area contributed by atoms with Gasteiger partial charge in [-0.15, -0.1) is 0 Å². The molecule has 0 saturated carbocycles. The number of ether oxygens (including phenoxy) is 2. The van der Waals surface area contributed by atoms with E-state index in [0.29, 0.717) is 0 Å². The van der Waals surface area contributed by atoms with Gasteiger partial charge in [-0.05, 0) is 39.3 Å². The zero-order valence-corrected chi connectivity index (χ0v) is 9.55. The Labute approximate surface area is 85.8 Å². The van der Waals surface area contributed by atoms with Gasteiger partial charge in [-0.2, -0.15) is 0 Å². The van der Waals surface area contributed by atoms with E-state index in [2.05, 4.69) is 0 Å². The van der Waals surface area contributed by atoms with Gasteiger partial charge >= 0.3 is 0 Å². The van der Waals surface area contributed by atoms with E-state index in [1.165, 1.54) is 0 Å². The number of aryl methyl sites for hydroxylation is 1. The average molecular weight is 194 g/mol. The maximum atomic E-state index is 5.72. The number of rotatable bonds is 2. The van der Waals surface area contributed by atoms with E-state index in [9.17, 15) is 0 Å². The van der Waals surface area contributed by atoms with Gasteiger partial charge in [0.25, 0.3) is 0 Å². The molecular formula is C12H18O2. The molecule has 1 aromatic rings. The second-order valence-corrected chi connectivity index (χ2v) is 4.35. The molecule has 1 rings (SSSR count). The molecule has 0 bridgehead atoms. The summed E-state index contributed by atoms with van der Waals surface area (Å²) >= 11 is 0. The van der Waals surface area contributed by atoms with E-state index < -0.39 is 0 Å². The fourth-order valence-electron chi connectivity index (χ4n) is 1.22. The lowest BCUT2D eigenvalue weighted by Crippen LogP contribution is -2.22. The standard InChI is InChI=1S/C12H18O2/c1-9-6-7-10(8-11(9)13-5)14-12(2,3)4/h6-8H,1-5H3. The minimum Gasteiger partial charge on any atom is -0.496 e. The van der Waals surface area contributed by atoms with Gasteiger partial charge in [0, 0.05) is 6.07 Å². The first-order chi connectivity index (χ1) is 6.42. The summed E-state index contributed by atoms with van der Waals surface area (Å²) in [5, 5.41) is 0. The first-order valence-corrected chi connectivity index (χ1v) is 4.76. The van der Waals surface area contributed by atoms with Crippen molar-refractivity contribution in [2.24, 2.45) is 0 Å². The third-order valence-corrected chi connectivity index (χ3v) is 1.80. The molecule has 0 N–H and O–H groups in total. The summed E-state index contributed by atoms with van der Waals surface area (Å²) in [6, 6.07) is 5.88. The van der Waals surface area contributed by atoms with Crippen LogP contribution in [-0.4, -0.2) is 12.7 Å². The molecule has 0 fully saturated rings. The molecule has 0 aliphatic carbocycles. The van der Waals surface area contributed by atoms with Crippen molar-refractivity contribution in [1.29, 1.82) is 0 Å². The fourth-order valence-corrected chi connectivity index (χ4v) is 1.22. The summed E-state index contributed by atoms with van der Waals surface area (Å²) < 4.78 is 10.9. The summed E-state index contributed by atoms with van der Waals surface area (Å²) in [6.07, 6.45) is 0. The van der Waals surface area contributed by atoms with Crippen LogP contribution in [0.4, 0.5) is 0 Å². The van der Waals surface area contributed by atoms with Gasteiger partial charge in [0.05, 0.1) is 7.11 Å². The van der Waals surface area contributed by atoms with Crippen LogP contribution in [-0.2, 0) is 0 Å². The van der Waals surface area contributed by atoms with Gasteiger partial charge in [0.15, 0.2) is 0 Å². The van der Waals surface area contributed by atoms with Crippen LogP contribution in [0.2, 0.25) is 0 Å². The minimum absolute atomic E-state index is 0.166. The van der Waals surface area contributed by atoms with Gasteiger partial charge in [-0.1, -0.05) is 6.07 Å². The zero-order valence-electron chi connectivity index (χ0n) is 9.55. The molecule has 14 heavy (non-hydrogen) atoms. The molecule has 0 spiro atoms. The smallest absolute Gasteiger partial charge is 0.125 e. The maximum Gasteiger partial charge on any atom is 0.125 e. The number of methoxy groups -OCH3 is 1. The normalized spacial score (nSPS) is 11.2. The second-order valence-electron chi connectivity index (χ2n) is 4.35. The minimum atomic E-state index is -0.166. The van der Waals surface area contributed by atoms with Crippen molar-refractivity contribution in [1.82, 2.24) is 0 Å². The Balaban J connectivity index is 2.90. The van der Waals surface area contributed by atoms with Crippen molar-refractivity contribution in [3.8, 4) is 11.5 Å². The molecule has 0 atom stereocenters. The molecule has 2 nitrogen and oxygen atoms in total. The first-order valence-electron chi connectivity index (χ1n) is 4.76. The van der Waals surface area contributed by atoms with Crippen molar-refractivity contribution in [2.45, 2.75) is 33.3 Å². The molecular weight excluding hydrogens is 176 g/mol. The molecule has 0 aliphatic rings. The van der Waals surface area contributed by atoms with Crippen LogP contribution in [0.15, 0.2) is 18.2 Å². The SMILES string of the molecule is COc1cc(OC(C)(C)C)ccc1C. The highest BCUT2D eigenvalue weighted by molar-refractivity contribution is 5.39. The molecule has 0 amide bonds. The summed E-state index contributed by atoms with van der Waals surface area (Å²) in [5.41, 5.74) is 0.953. The molecule has 78 valence electrons. The predicted octanol–water partition coefficient (Wildman–Crippen LogP) is 3.18. The van der Waals surface area contributed by atoms with E-state index >= 15 is 0 Å². The van der Waals surface area contributed by atoms with Crippen molar-refractivity contribution in [2.75, 3.05) is 7.11 Å². The molecule has 0 radical (unpaired) electrons. The van der Waals surface area contributed by atoms with Crippen molar-refractivity contribution < 1.29 is 9.47 Å². The van der Waals surface area contributed by atoms with Crippen molar-refractivity contribution in [3.05, 3.63) is 23.8 Å². The van der Waals surface area contributed by atoms with Crippen LogP contribution in [0.1, 0.15) is 26.3 Å². The Hall–Kier alpha value is -1.18. The predicted molar refractivity (Wildman–Crippen MR) is 58.1 cm³/mol. The number of hydrogen-bond acceptors (Lipinski definition) is 2. The number of hydrogen-bond donors (Lipinski definition) is 0. The van der Waals surface area contributed by atoms with Crippen molar-refractivity contribution >= 4 is 0 Å². The summed E-state index contributed by atoms with van der Waals surface area (Å²) in [5.74, 6) is 1.71. The van der Waals surface area contributed by atoms with Crippen LogP contribution in [0, 0.1) is 6.92 Å². The molecule has 0 aromatic heterocycles. The Morgan fingerprint density at radius 3 is 2.29 bits per heavy atom. The first kappa shape index (κ1) is 10.9. The van der Waals surface area contributed by atoms with Gasteiger partial charge in [-0.25, -0.2) is 0 Å². The van der Waals surface area contributed by atoms with Crippen LogP contribution >= 0.6 is 0 Å². The third kappa shape index (κ3) is 2.95. The largest absolute Gasteiger partial charge is 0.496 e. The zero-order chi connectivity index (χ0) is 10.8. The maximum absolute atomic E-state index is 5.72. The Morgan fingerprint density at radius 2 is 1.79 bits per heavy atom. The monoisotopic (exact) mass is 194 g/mol. The second kappa shape index (κ2) is 3.91. The molecule has 1 aromatic carbocycles. The lowest BCUT2D eigenvalue weighted by atomic mass is 10.1. The highest BCUT2D eigenvalue weighted by Gasteiger charge is 2.12. The molecule has 0 heterocycles. The fraction of sp³-hybridized carbons (Fsp3) is 0.500. The average Bonchev–Trinajstić information content (AvgIpc) is 2.06. The molecule has 0 aliphatic heterocycles. The quantitative estimate of drug-likeness (QED) is 0.720. The summed E-state index contributed by atoms with van der Waals surface area (Å²) in [7, 11) is 1.67. The van der Waals surface area contributed by atoms with E-state index in [-0.39, 0.29) is 5.60 Å². The van der Waals surface area contributed by atoms with Crippen LogP contribution in [0.3, 0.4) is 0 Å². The lowest BCUT2D eigenvalue weighted by molar-refractivity contribution is 0.130. The van der Waals surface area contributed by atoms with Gasteiger partial charge < -0.3 is 9.47 Å². The summed E-state index contributed by atoms with van der Waals surface area (Å²) in [4.78, 5) is 0. The van der Waals surface area contributed by atoms with Crippen LogP contribution < -0.4 is 9.47 Å². The number of benzene rings is 1. The van der Waals surface area contributed by atoms with Crippen LogP contribution in [0.5, 0.6) is 11.5 Å². The van der Waals surface area contributed by atoms with E-state index in [1.807, 2.05) is 45.9 Å². The van der Waals surface area contributed by atoms with Gasteiger partial charge in [-0.3, -0.25) is 0 Å². The third-order valence-electron chi connectivity index (χ3n) is 1.80. The summed E-state index contributed by atoms with van der Waals surface area (Å²) in [6.45, 7) is 8.09. The molecule has 0 saturated heterocycles. The van der Waals surface area contributed by atoms with Crippen LogP contribution in [0.25, 0.3) is 0 Å². The highest BCUT2D eigenvalue weighted by Crippen LogP contribution is 2.26. The topological polar surface area (TPSA) is 18.5 Å². The van der Waals surface area contributed by atoms with Gasteiger partial charge in [0.1, 0.15) is 17.1 Å². The van der Waals surface area contributed by atoms with Gasteiger partial charge in [0.2, 0.25) is 0 Å². The molecule has 2 heteroatoms.